The molecule has 0 aromatic carbocycles. The lowest BCUT2D eigenvalue weighted by molar-refractivity contribution is 0.124. The Hall–Kier alpha value is -1.36. The highest BCUT2D eigenvalue weighted by Crippen LogP contribution is 2.28. The number of hydrogen-bond donors (Lipinski definition) is 2. The van der Waals surface area contributed by atoms with Gasteiger partial charge in [0.1, 0.15) is 17.5 Å². The fraction of sp³-hybridized carbons (Fsp3) is 0.750. The van der Waals surface area contributed by atoms with E-state index in [-0.39, 0.29) is 5.41 Å². The highest BCUT2D eigenvalue weighted by atomic mass is 16.5. The molecule has 1 fully saturated rings. The molecule has 1 aliphatic rings. The second-order valence-corrected chi connectivity index (χ2v) is 6.76. The number of nitrogens with one attached hydrogen (secondary N) is 2. The first-order chi connectivity index (χ1) is 9.99. The molecule has 5 heteroatoms. The largest absolute Gasteiger partial charge is 0.381 e. The van der Waals surface area contributed by atoms with Crippen LogP contribution in [-0.4, -0.2) is 36.8 Å². The third kappa shape index (κ3) is 5.50. The molecule has 0 amide bonds. The summed E-state index contributed by atoms with van der Waals surface area (Å²) < 4.78 is 5.63. The summed E-state index contributed by atoms with van der Waals surface area (Å²) >= 11 is 0. The van der Waals surface area contributed by atoms with E-state index >= 15 is 0 Å². The van der Waals surface area contributed by atoms with Gasteiger partial charge in [0, 0.05) is 38.3 Å². The lowest BCUT2D eigenvalue weighted by Gasteiger charge is -2.18. The van der Waals surface area contributed by atoms with Crippen LogP contribution >= 0.6 is 0 Å². The van der Waals surface area contributed by atoms with Gasteiger partial charge in [0.05, 0.1) is 0 Å². The predicted molar refractivity (Wildman–Crippen MR) is 86.9 cm³/mol. The molecule has 0 spiro atoms. The zero-order valence-electron chi connectivity index (χ0n) is 13.7. The quantitative estimate of drug-likeness (QED) is 0.721. The Morgan fingerprint density at radius 2 is 1.95 bits per heavy atom. The van der Waals surface area contributed by atoms with Crippen LogP contribution in [0.15, 0.2) is 6.07 Å². The molecule has 0 aliphatic heterocycles. The summed E-state index contributed by atoms with van der Waals surface area (Å²) in [5, 5.41) is 6.46. The SMILES string of the molecule is CNc1cc(NCCCOCC2CC2)nc(C(C)(C)C)n1. The topological polar surface area (TPSA) is 59.1 Å². The van der Waals surface area contributed by atoms with E-state index in [0.717, 1.165) is 49.6 Å². The van der Waals surface area contributed by atoms with Gasteiger partial charge in [-0.2, -0.15) is 0 Å². The molecule has 1 aliphatic carbocycles. The van der Waals surface area contributed by atoms with Gasteiger partial charge in [-0.05, 0) is 25.2 Å². The van der Waals surface area contributed by atoms with Gasteiger partial charge in [-0.3, -0.25) is 0 Å². The van der Waals surface area contributed by atoms with Crippen molar-refractivity contribution in [3.05, 3.63) is 11.9 Å². The maximum atomic E-state index is 5.63. The molecule has 21 heavy (non-hydrogen) atoms. The summed E-state index contributed by atoms with van der Waals surface area (Å²) in [5.74, 6) is 3.41. The van der Waals surface area contributed by atoms with E-state index in [4.69, 9.17) is 4.74 Å². The summed E-state index contributed by atoms with van der Waals surface area (Å²) in [6, 6.07) is 1.94. The Morgan fingerprint density at radius 1 is 1.24 bits per heavy atom. The van der Waals surface area contributed by atoms with Gasteiger partial charge >= 0.3 is 0 Å². The fourth-order valence-electron chi connectivity index (χ4n) is 1.93. The minimum Gasteiger partial charge on any atom is -0.381 e. The van der Waals surface area contributed by atoms with E-state index in [9.17, 15) is 0 Å². The molecule has 1 aromatic heterocycles. The van der Waals surface area contributed by atoms with Crippen molar-refractivity contribution in [1.82, 2.24) is 9.97 Å². The van der Waals surface area contributed by atoms with Crippen molar-refractivity contribution in [3.63, 3.8) is 0 Å². The standard InChI is InChI=1S/C16H28N4O/c1-16(2,3)15-19-13(17-4)10-14(20-15)18-8-5-9-21-11-12-6-7-12/h10,12H,5-9,11H2,1-4H3,(H2,17,18,19,20). The first-order valence-electron chi connectivity index (χ1n) is 7.88. The molecular weight excluding hydrogens is 264 g/mol. The molecule has 0 atom stereocenters. The third-order valence-corrected chi connectivity index (χ3v) is 3.48. The van der Waals surface area contributed by atoms with E-state index in [1.807, 2.05) is 13.1 Å². The normalized spacial score (nSPS) is 15.0. The monoisotopic (exact) mass is 292 g/mol. The maximum absolute atomic E-state index is 5.63. The minimum atomic E-state index is -0.0589. The van der Waals surface area contributed by atoms with Crippen molar-refractivity contribution in [1.29, 1.82) is 0 Å². The van der Waals surface area contributed by atoms with E-state index in [2.05, 4.69) is 41.4 Å². The Bertz CT molecular complexity index is 452. The summed E-state index contributed by atoms with van der Waals surface area (Å²) in [6.45, 7) is 8.99. The molecule has 0 radical (unpaired) electrons. The zero-order valence-corrected chi connectivity index (χ0v) is 13.7. The molecule has 1 saturated carbocycles. The molecule has 0 saturated heterocycles. The van der Waals surface area contributed by atoms with Gasteiger partial charge in [0.25, 0.3) is 0 Å². The van der Waals surface area contributed by atoms with Gasteiger partial charge in [-0.25, -0.2) is 9.97 Å². The lowest BCUT2D eigenvalue weighted by Crippen LogP contribution is -2.18. The fourth-order valence-corrected chi connectivity index (χ4v) is 1.93. The minimum absolute atomic E-state index is 0.0589. The Balaban J connectivity index is 1.80. The summed E-state index contributed by atoms with van der Waals surface area (Å²) in [6.07, 6.45) is 3.69. The average molecular weight is 292 g/mol. The molecule has 0 unspecified atom stereocenters. The van der Waals surface area contributed by atoms with E-state index in [0.29, 0.717) is 0 Å². The molecular formula is C16H28N4O. The Kier molecular flexibility index (Phi) is 5.39. The first kappa shape index (κ1) is 16.0. The van der Waals surface area contributed by atoms with Crippen molar-refractivity contribution >= 4 is 11.6 Å². The lowest BCUT2D eigenvalue weighted by atomic mass is 9.96. The summed E-state index contributed by atoms with van der Waals surface area (Å²) in [7, 11) is 1.88. The molecule has 1 heterocycles. The third-order valence-electron chi connectivity index (χ3n) is 3.48. The number of aromatic nitrogens is 2. The van der Waals surface area contributed by atoms with Crippen LogP contribution in [0.4, 0.5) is 11.6 Å². The van der Waals surface area contributed by atoms with Crippen molar-refractivity contribution in [2.45, 2.75) is 45.4 Å². The highest BCUT2D eigenvalue weighted by molar-refractivity contribution is 5.47. The van der Waals surface area contributed by atoms with Crippen molar-refractivity contribution in [2.24, 2.45) is 5.92 Å². The van der Waals surface area contributed by atoms with Crippen LogP contribution < -0.4 is 10.6 Å². The van der Waals surface area contributed by atoms with Crippen LogP contribution in [0.1, 0.15) is 45.9 Å². The van der Waals surface area contributed by atoms with Crippen LogP contribution in [-0.2, 0) is 10.2 Å². The second kappa shape index (κ2) is 7.07. The Labute approximate surface area is 127 Å². The van der Waals surface area contributed by atoms with Crippen molar-refractivity contribution < 1.29 is 4.74 Å². The van der Waals surface area contributed by atoms with Crippen molar-refractivity contribution in [2.75, 3.05) is 37.4 Å². The van der Waals surface area contributed by atoms with E-state index in [1.165, 1.54) is 12.8 Å². The molecule has 2 N–H and O–H groups in total. The van der Waals surface area contributed by atoms with E-state index in [1.54, 1.807) is 0 Å². The average Bonchev–Trinajstić information content (AvgIpc) is 3.25. The van der Waals surface area contributed by atoms with Gasteiger partial charge in [0.15, 0.2) is 0 Å². The van der Waals surface area contributed by atoms with Gasteiger partial charge < -0.3 is 15.4 Å². The number of hydrogen-bond acceptors (Lipinski definition) is 5. The summed E-state index contributed by atoms with van der Waals surface area (Å²) in [4.78, 5) is 9.13. The van der Waals surface area contributed by atoms with Crippen LogP contribution in [0.3, 0.4) is 0 Å². The molecule has 118 valence electrons. The number of nitrogens with zero attached hydrogens (tertiary/aromatic N) is 2. The second-order valence-electron chi connectivity index (χ2n) is 6.76. The highest BCUT2D eigenvalue weighted by Gasteiger charge is 2.21. The molecule has 0 bridgehead atoms. The smallest absolute Gasteiger partial charge is 0.138 e. The van der Waals surface area contributed by atoms with Crippen LogP contribution in [0, 0.1) is 5.92 Å². The molecule has 5 nitrogen and oxygen atoms in total. The van der Waals surface area contributed by atoms with E-state index < -0.39 is 0 Å². The molecule has 2 rings (SSSR count). The predicted octanol–water partition coefficient (Wildman–Crippen LogP) is 3.04. The Morgan fingerprint density at radius 3 is 2.57 bits per heavy atom. The summed E-state index contributed by atoms with van der Waals surface area (Å²) in [5.41, 5.74) is -0.0589. The van der Waals surface area contributed by atoms with Gasteiger partial charge in [-0.15, -0.1) is 0 Å². The van der Waals surface area contributed by atoms with Crippen LogP contribution in [0.5, 0.6) is 0 Å². The number of anilines is 2. The van der Waals surface area contributed by atoms with Crippen LogP contribution in [0.2, 0.25) is 0 Å². The van der Waals surface area contributed by atoms with Crippen molar-refractivity contribution in [3.8, 4) is 0 Å². The van der Waals surface area contributed by atoms with Gasteiger partial charge in [-0.1, -0.05) is 20.8 Å². The zero-order chi connectivity index (χ0) is 15.3. The van der Waals surface area contributed by atoms with Gasteiger partial charge in [0.2, 0.25) is 0 Å². The van der Waals surface area contributed by atoms with Crippen LogP contribution in [0.25, 0.3) is 0 Å². The maximum Gasteiger partial charge on any atom is 0.138 e. The first-order valence-corrected chi connectivity index (χ1v) is 7.88. The number of rotatable bonds is 8. The number of ether oxygens (including phenoxy) is 1. The molecule has 1 aromatic rings.